The van der Waals surface area contributed by atoms with Crippen molar-refractivity contribution in [2.45, 2.75) is 44.3 Å². The van der Waals surface area contributed by atoms with Gasteiger partial charge in [0.15, 0.2) is 5.82 Å². The fraction of sp³-hybridized carbons (Fsp3) is 0.273. The van der Waals surface area contributed by atoms with Crippen molar-refractivity contribution in [2.24, 2.45) is 5.92 Å². The summed E-state index contributed by atoms with van der Waals surface area (Å²) in [7, 11) is 0. The van der Waals surface area contributed by atoms with E-state index in [4.69, 9.17) is 0 Å². The highest BCUT2D eigenvalue weighted by atomic mass is 16.2. The van der Waals surface area contributed by atoms with E-state index in [-0.39, 0.29) is 31.1 Å². The van der Waals surface area contributed by atoms with Crippen molar-refractivity contribution in [1.82, 2.24) is 31.2 Å². The monoisotopic (exact) mass is 594 g/mol. The Morgan fingerprint density at radius 1 is 0.841 bits per heavy atom. The topological polar surface area (TPSA) is 162 Å². The lowest BCUT2D eigenvalue weighted by atomic mass is 9.89. The summed E-state index contributed by atoms with van der Waals surface area (Å²) in [4.78, 5) is 73.3. The molecule has 3 aromatic carbocycles. The molecule has 44 heavy (non-hydrogen) atoms. The summed E-state index contributed by atoms with van der Waals surface area (Å²) in [5.41, 5.74) is 2.84. The number of H-pyrrole nitrogens is 1. The molecule has 0 saturated carbocycles. The number of imidazole rings is 1. The van der Waals surface area contributed by atoms with E-state index in [1.165, 1.54) is 0 Å². The molecule has 0 spiro atoms. The van der Waals surface area contributed by atoms with Crippen molar-refractivity contribution in [3.8, 4) is 0 Å². The van der Waals surface area contributed by atoms with Gasteiger partial charge in [-0.3, -0.25) is 24.0 Å². The first-order valence-electron chi connectivity index (χ1n) is 14.6. The highest BCUT2D eigenvalue weighted by Crippen LogP contribution is 2.19. The van der Waals surface area contributed by atoms with E-state index >= 15 is 0 Å². The number of nitrogens with zero attached hydrogens (tertiary/aromatic N) is 1. The highest BCUT2D eigenvalue weighted by molar-refractivity contribution is 6.38. The van der Waals surface area contributed by atoms with E-state index in [1.807, 2.05) is 66.7 Å². The van der Waals surface area contributed by atoms with E-state index in [0.29, 0.717) is 24.0 Å². The summed E-state index contributed by atoms with van der Waals surface area (Å²) in [5, 5.41) is 10.8. The van der Waals surface area contributed by atoms with Gasteiger partial charge in [0, 0.05) is 25.4 Å². The lowest BCUT2D eigenvalue weighted by molar-refractivity contribution is -0.141. The van der Waals surface area contributed by atoms with Gasteiger partial charge in [0.2, 0.25) is 17.6 Å². The van der Waals surface area contributed by atoms with E-state index in [1.54, 1.807) is 18.2 Å². The Labute approximate surface area is 254 Å². The van der Waals surface area contributed by atoms with E-state index in [0.717, 1.165) is 17.5 Å². The van der Waals surface area contributed by atoms with Crippen LogP contribution >= 0.6 is 0 Å². The van der Waals surface area contributed by atoms with Crippen LogP contribution in [0.5, 0.6) is 0 Å². The zero-order valence-corrected chi connectivity index (χ0v) is 24.0. The first kappa shape index (κ1) is 30.1. The molecule has 5 rings (SSSR count). The largest absolute Gasteiger partial charge is 0.356 e. The van der Waals surface area contributed by atoms with Crippen molar-refractivity contribution >= 4 is 40.4 Å². The quantitative estimate of drug-likeness (QED) is 0.158. The smallest absolute Gasteiger partial charge is 0.289 e. The number of hydrogen-bond donors (Lipinski definition) is 5. The molecule has 4 amide bonds. The maximum Gasteiger partial charge on any atom is 0.289 e. The van der Waals surface area contributed by atoms with Crippen molar-refractivity contribution in [3.63, 3.8) is 0 Å². The van der Waals surface area contributed by atoms with Crippen molar-refractivity contribution in [1.29, 1.82) is 0 Å². The predicted molar refractivity (Wildman–Crippen MR) is 163 cm³/mol. The predicted octanol–water partition coefficient (Wildman–Crippen LogP) is 2.19. The SMILES string of the molecule is O=C(NCc1ccccc1)C(=O)[C@H](C[C@@H]1CCCNC1=O)NC(=O)[C@H](Cc1ccccc1)NC(=O)c1nc2ccccc2[nH]1. The Balaban J connectivity index is 1.35. The standard InChI is InChI=1S/C33H34N6O5/c40-28(32(43)35-20-22-12-5-2-6-13-22)26(19-23-14-9-17-34-30(23)41)38-31(42)27(18-21-10-3-1-4-11-21)39-33(44)29-36-24-15-7-8-16-25(24)37-29/h1-8,10-13,15-16,23,26-27H,9,14,17-20H2,(H,34,41)(H,35,43)(H,36,37)(H,38,42)(H,39,44)/t23-,26-,27-/m0/s1. The average Bonchev–Trinajstić information content (AvgIpc) is 3.49. The van der Waals surface area contributed by atoms with Gasteiger partial charge in [-0.05, 0) is 42.5 Å². The van der Waals surface area contributed by atoms with Gasteiger partial charge in [0.05, 0.1) is 17.1 Å². The molecule has 1 aliphatic rings. The molecule has 11 heteroatoms. The first-order chi connectivity index (χ1) is 21.4. The number of aromatic nitrogens is 2. The summed E-state index contributed by atoms with van der Waals surface area (Å²) < 4.78 is 0. The fourth-order valence-electron chi connectivity index (χ4n) is 5.22. The Bertz CT molecular complexity index is 1610. The summed E-state index contributed by atoms with van der Waals surface area (Å²) in [5.74, 6) is -3.76. The number of piperidine rings is 1. The third kappa shape index (κ3) is 7.74. The molecular weight excluding hydrogens is 560 g/mol. The molecule has 1 aromatic heterocycles. The molecule has 11 nitrogen and oxygen atoms in total. The molecule has 2 heterocycles. The molecular formula is C33H34N6O5. The molecule has 0 bridgehead atoms. The fourth-order valence-corrected chi connectivity index (χ4v) is 5.22. The molecule has 1 aliphatic heterocycles. The number of aromatic amines is 1. The van der Waals surface area contributed by atoms with Gasteiger partial charge >= 0.3 is 0 Å². The van der Waals surface area contributed by atoms with Crippen LogP contribution in [0.2, 0.25) is 0 Å². The average molecular weight is 595 g/mol. The maximum atomic E-state index is 13.8. The number of benzene rings is 3. The van der Waals surface area contributed by atoms with E-state index in [2.05, 4.69) is 31.2 Å². The molecule has 3 atom stereocenters. The molecule has 0 aliphatic carbocycles. The van der Waals surface area contributed by atoms with Gasteiger partial charge in [0.1, 0.15) is 6.04 Å². The lowest BCUT2D eigenvalue weighted by Crippen LogP contribution is -2.55. The van der Waals surface area contributed by atoms with Crippen LogP contribution in [0.15, 0.2) is 84.9 Å². The van der Waals surface area contributed by atoms with Crippen molar-refractivity contribution in [3.05, 3.63) is 102 Å². The molecule has 226 valence electrons. The second-order valence-corrected chi connectivity index (χ2v) is 10.8. The molecule has 5 N–H and O–H groups in total. The number of carbonyl (C=O) groups excluding carboxylic acids is 5. The van der Waals surface area contributed by atoms with Crippen LogP contribution in [0.3, 0.4) is 0 Å². The van der Waals surface area contributed by atoms with Gasteiger partial charge in [-0.25, -0.2) is 4.98 Å². The summed E-state index contributed by atoms with van der Waals surface area (Å²) in [6, 6.07) is 23.0. The highest BCUT2D eigenvalue weighted by Gasteiger charge is 2.35. The minimum absolute atomic E-state index is 0.0313. The zero-order chi connectivity index (χ0) is 30.9. The minimum Gasteiger partial charge on any atom is -0.356 e. The van der Waals surface area contributed by atoms with Gasteiger partial charge in [-0.1, -0.05) is 72.8 Å². The number of rotatable bonds is 12. The number of Topliss-reactive ketones (excluding diaryl/α,β-unsaturated/α-hetero) is 1. The summed E-state index contributed by atoms with van der Waals surface area (Å²) >= 11 is 0. The second kappa shape index (κ2) is 14.2. The number of para-hydroxylation sites is 2. The van der Waals surface area contributed by atoms with Crippen LogP contribution < -0.4 is 21.3 Å². The molecule has 1 fully saturated rings. The molecule has 4 aromatic rings. The van der Waals surface area contributed by atoms with Crippen LogP contribution in [0.1, 0.15) is 41.0 Å². The van der Waals surface area contributed by atoms with Crippen LogP contribution in [0, 0.1) is 5.92 Å². The molecule has 0 radical (unpaired) electrons. The van der Waals surface area contributed by atoms with Gasteiger partial charge < -0.3 is 26.3 Å². The normalized spacial score (nSPS) is 15.9. The van der Waals surface area contributed by atoms with E-state index < -0.39 is 41.5 Å². The number of fused-ring (bicyclic) bond motifs is 1. The van der Waals surface area contributed by atoms with Gasteiger partial charge in [-0.15, -0.1) is 0 Å². The summed E-state index contributed by atoms with van der Waals surface area (Å²) in [6.45, 7) is 0.658. The van der Waals surface area contributed by atoms with Crippen LogP contribution in [-0.4, -0.2) is 58.0 Å². The maximum absolute atomic E-state index is 13.8. The number of nitrogens with one attached hydrogen (secondary N) is 5. The summed E-state index contributed by atoms with van der Waals surface area (Å²) in [6.07, 6.45) is 1.30. The van der Waals surface area contributed by atoms with Crippen molar-refractivity contribution in [2.75, 3.05) is 6.54 Å². The molecule has 0 unspecified atom stereocenters. The Kier molecular flexibility index (Phi) is 9.75. The Hall–Kier alpha value is -5.32. The van der Waals surface area contributed by atoms with Crippen LogP contribution in [0.25, 0.3) is 11.0 Å². The van der Waals surface area contributed by atoms with E-state index in [9.17, 15) is 24.0 Å². The van der Waals surface area contributed by atoms with Crippen LogP contribution in [-0.2, 0) is 32.1 Å². The Morgan fingerprint density at radius 2 is 1.52 bits per heavy atom. The van der Waals surface area contributed by atoms with Gasteiger partial charge in [-0.2, -0.15) is 0 Å². The van der Waals surface area contributed by atoms with Crippen LogP contribution in [0.4, 0.5) is 0 Å². The number of hydrogen-bond acceptors (Lipinski definition) is 6. The van der Waals surface area contributed by atoms with Gasteiger partial charge in [0.25, 0.3) is 11.8 Å². The first-order valence-corrected chi connectivity index (χ1v) is 14.6. The van der Waals surface area contributed by atoms with Crippen molar-refractivity contribution < 1.29 is 24.0 Å². The lowest BCUT2D eigenvalue weighted by Gasteiger charge is -2.27. The second-order valence-electron chi connectivity index (χ2n) is 10.8. The minimum atomic E-state index is -1.28. The third-order valence-corrected chi connectivity index (χ3v) is 7.58. The number of ketones is 1. The zero-order valence-electron chi connectivity index (χ0n) is 24.0. The Morgan fingerprint density at radius 3 is 2.23 bits per heavy atom. The molecule has 1 saturated heterocycles. The number of amides is 4. The number of carbonyl (C=O) groups is 5. The third-order valence-electron chi connectivity index (χ3n) is 7.58.